The molecule has 1 atom stereocenters. The van der Waals surface area contributed by atoms with E-state index in [1.54, 1.807) is 0 Å². The van der Waals surface area contributed by atoms with Crippen LogP contribution < -0.4 is 5.32 Å². The molecule has 0 aliphatic rings. The van der Waals surface area contributed by atoms with E-state index < -0.39 is 0 Å². The van der Waals surface area contributed by atoms with Crippen LogP contribution in [0.2, 0.25) is 0 Å². The lowest BCUT2D eigenvalue weighted by Crippen LogP contribution is -2.15. The van der Waals surface area contributed by atoms with Crippen molar-refractivity contribution < 1.29 is 4.42 Å². The van der Waals surface area contributed by atoms with Gasteiger partial charge in [-0.05, 0) is 50.1 Å². The van der Waals surface area contributed by atoms with Crippen molar-refractivity contribution in [2.45, 2.75) is 52.0 Å². The zero-order chi connectivity index (χ0) is 13.7. The lowest BCUT2D eigenvalue weighted by Gasteiger charge is -2.11. The van der Waals surface area contributed by atoms with Crippen LogP contribution in [0.1, 0.15) is 56.9 Å². The van der Waals surface area contributed by atoms with Gasteiger partial charge in [-0.15, -0.1) is 0 Å². The Morgan fingerprint density at radius 1 is 1.16 bits per heavy atom. The molecule has 2 nitrogen and oxygen atoms in total. The second kappa shape index (κ2) is 6.76. The van der Waals surface area contributed by atoms with Crippen LogP contribution in [0.4, 0.5) is 0 Å². The maximum absolute atomic E-state index is 5.97. The lowest BCUT2D eigenvalue weighted by atomic mass is 10.1. The van der Waals surface area contributed by atoms with Crippen LogP contribution >= 0.6 is 0 Å². The highest BCUT2D eigenvalue weighted by Gasteiger charge is 2.13. The highest BCUT2D eigenvalue weighted by Crippen LogP contribution is 2.27. The maximum Gasteiger partial charge on any atom is 0.134 e. The topological polar surface area (TPSA) is 25.2 Å². The number of furan rings is 1. The molecule has 1 unspecified atom stereocenters. The molecule has 0 saturated heterocycles. The van der Waals surface area contributed by atoms with Gasteiger partial charge < -0.3 is 9.73 Å². The highest BCUT2D eigenvalue weighted by molar-refractivity contribution is 5.78. The molecule has 0 spiro atoms. The molecule has 0 saturated carbocycles. The summed E-state index contributed by atoms with van der Waals surface area (Å²) in [6, 6.07) is 9.11. The maximum atomic E-state index is 5.97. The first-order valence-corrected chi connectivity index (χ1v) is 7.48. The predicted molar refractivity (Wildman–Crippen MR) is 81.5 cm³/mol. The zero-order valence-corrected chi connectivity index (χ0v) is 12.3. The number of rotatable bonds is 7. The molecule has 2 heteroatoms. The van der Waals surface area contributed by atoms with E-state index in [0.717, 1.165) is 30.6 Å². The summed E-state index contributed by atoms with van der Waals surface area (Å²) >= 11 is 0. The highest BCUT2D eigenvalue weighted by atomic mass is 16.3. The summed E-state index contributed by atoms with van der Waals surface area (Å²) in [7, 11) is 2.00. The molecule has 0 amide bonds. The molecule has 0 radical (unpaired) electrons. The van der Waals surface area contributed by atoms with Gasteiger partial charge in [0.1, 0.15) is 11.3 Å². The minimum Gasteiger partial charge on any atom is -0.459 e. The monoisotopic (exact) mass is 259 g/mol. The van der Waals surface area contributed by atoms with Crippen molar-refractivity contribution in [3.63, 3.8) is 0 Å². The molecular formula is C17H25NO. The van der Waals surface area contributed by atoms with Crippen molar-refractivity contribution in [3.8, 4) is 0 Å². The van der Waals surface area contributed by atoms with Gasteiger partial charge in [0.2, 0.25) is 0 Å². The van der Waals surface area contributed by atoms with E-state index in [0.29, 0.717) is 6.04 Å². The third-order valence-electron chi connectivity index (χ3n) is 3.69. The molecule has 104 valence electrons. The summed E-state index contributed by atoms with van der Waals surface area (Å²) in [4.78, 5) is 0. The standard InChI is InChI=1S/C17H25NO/c1-4-6-8-13-9-10-16-14(11-13)12-17(19-16)15(18-3)7-5-2/h9-12,15,18H,4-8H2,1-3H3. The summed E-state index contributed by atoms with van der Waals surface area (Å²) in [5.74, 6) is 1.06. The molecule has 0 bridgehead atoms. The van der Waals surface area contributed by atoms with Crippen molar-refractivity contribution in [1.82, 2.24) is 5.32 Å². The molecule has 1 heterocycles. The lowest BCUT2D eigenvalue weighted by molar-refractivity contribution is 0.430. The van der Waals surface area contributed by atoms with E-state index in [-0.39, 0.29) is 0 Å². The van der Waals surface area contributed by atoms with Crippen molar-refractivity contribution in [2.75, 3.05) is 7.05 Å². The van der Waals surface area contributed by atoms with Gasteiger partial charge in [-0.25, -0.2) is 0 Å². The van der Waals surface area contributed by atoms with Crippen LogP contribution in [0.3, 0.4) is 0 Å². The van der Waals surface area contributed by atoms with Gasteiger partial charge >= 0.3 is 0 Å². The Morgan fingerprint density at radius 2 is 2.00 bits per heavy atom. The van der Waals surface area contributed by atoms with E-state index in [9.17, 15) is 0 Å². The average Bonchev–Trinajstić information content (AvgIpc) is 2.85. The van der Waals surface area contributed by atoms with Crippen molar-refractivity contribution in [2.24, 2.45) is 0 Å². The van der Waals surface area contributed by atoms with E-state index in [1.165, 1.54) is 23.8 Å². The fraction of sp³-hybridized carbons (Fsp3) is 0.529. The van der Waals surface area contributed by atoms with Crippen LogP contribution in [0.5, 0.6) is 0 Å². The molecule has 19 heavy (non-hydrogen) atoms. The summed E-state index contributed by atoms with van der Waals surface area (Å²) in [6.45, 7) is 4.44. The Hall–Kier alpha value is -1.28. The van der Waals surface area contributed by atoms with Crippen LogP contribution in [0.15, 0.2) is 28.7 Å². The van der Waals surface area contributed by atoms with Crippen molar-refractivity contribution >= 4 is 11.0 Å². The normalized spacial score (nSPS) is 13.0. The molecule has 0 fully saturated rings. The average molecular weight is 259 g/mol. The Morgan fingerprint density at radius 3 is 2.68 bits per heavy atom. The molecule has 2 aromatic rings. The fourth-order valence-electron chi connectivity index (χ4n) is 2.54. The zero-order valence-electron chi connectivity index (χ0n) is 12.3. The largest absolute Gasteiger partial charge is 0.459 e. The number of unbranched alkanes of at least 4 members (excludes halogenated alkanes) is 1. The number of aryl methyl sites for hydroxylation is 1. The van der Waals surface area contributed by atoms with Crippen molar-refractivity contribution in [1.29, 1.82) is 0 Å². The third-order valence-corrected chi connectivity index (χ3v) is 3.69. The number of benzene rings is 1. The van der Waals surface area contributed by atoms with Crippen LogP contribution in [-0.4, -0.2) is 7.05 Å². The van der Waals surface area contributed by atoms with Crippen LogP contribution in [0, 0.1) is 0 Å². The van der Waals surface area contributed by atoms with Gasteiger partial charge in [0, 0.05) is 5.39 Å². The van der Waals surface area contributed by atoms with Crippen LogP contribution in [-0.2, 0) is 6.42 Å². The fourth-order valence-corrected chi connectivity index (χ4v) is 2.54. The molecule has 1 aromatic carbocycles. The van der Waals surface area contributed by atoms with Gasteiger partial charge in [-0.3, -0.25) is 0 Å². The van der Waals surface area contributed by atoms with Gasteiger partial charge in [0.15, 0.2) is 0 Å². The summed E-state index contributed by atoms with van der Waals surface area (Å²) < 4.78 is 5.97. The quantitative estimate of drug-likeness (QED) is 0.770. The number of nitrogens with one attached hydrogen (secondary N) is 1. The van der Waals surface area contributed by atoms with Gasteiger partial charge in [0.25, 0.3) is 0 Å². The van der Waals surface area contributed by atoms with E-state index in [2.05, 4.69) is 43.4 Å². The van der Waals surface area contributed by atoms with Gasteiger partial charge in [-0.1, -0.05) is 32.8 Å². The molecule has 0 aliphatic carbocycles. The molecule has 1 N–H and O–H groups in total. The second-order valence-corrected chi connectivity index (χ2v) is 5.25. The molecule has 2 rings (SSSR count). The van der Waals surface area contributed by atoms with E-state index >= 15 is 0 Å². The minimum atomic E-state index is 0.330. The van der Waals surface area contributed by atoms with Gasteiger partial charge in [0.05, 0.1) is 6.04 Å². The smallest absolute Gasteiger partial charge is 0.134 e. The minimum absolute atomic E-state index is 0.330. The first-order chi connectivity index (χ1) is 9.28. The summed E-state index contributed by atoms with van der Waals surface area (Å²) in [6.07, 6.45) is 5.93. The predicted octanol–water partition coefficient (Wildman–Crippen LogP) is 4.84. The SMILES string of the molecule is CCCCc1ccc2oc(C(CCC)NC)cc2c1. The second-order valence-electron chi connectivity index (χ2n) is 5.25. The third kappa shape index (κ3) is 3.38. The Balaban J connectivity index is 2.24. The molecule has 1 aromatic heterocycles. The van der Waals surface area contributed by atoms with Crippen LogP contribution in [0.25, 0.3) is 11.0 Å². The van der Waals surface area contributed by atoms with Gasteiger partial charge in [-0.2, -0.15) is 0 Å². The Labute approximate surface area is 116 Å². The summed E-state index contributed by atoms with van der Waals surface area (Å²) in [5, 5.41) is 4.57. The first-order valence-electron chi connectivity index (χ1n) is 7.48. The Kier molecular flexibility index (Phi) is 5.03. The molecular weight excluding hydrogens is 234 g/mol. The number of fused-ring (bicyclic) bond motifs is 1. The Bertz CT molecular complexity index is 515. The number of hydrogen-bond acceptors (Lipinski definition) is 2. The van der Waals surface area contributed by atoms with Crippen molar-refractivity contribution in [3.05, 3.63) is 35.6 Å². The first kappa shape index (κ1) is 14.1. The van der Waals surface area contributed by atoms with E-state index in [4.69, 9.17) is 4.42 Å². The summed E-state index contributed by atoms with van der Waals surface area (Å²) in [5.41, 5.74) is 2.42. The number of hydrogen-bond donors (Lipinski definition) is 1. The van der Waals surface area contributed by atoms with E-state index in [1.807, 2.05) is 7.05 Å². The molecule has 0 aliphatic heterocycles.